The normalized spacial score (nSPS) is 9.08. The van der Waals surface area contributed by atoms with Crippen LogP contribution in [0.15, 0.2) is 0 Å². The first-order valence-corrected chi connectivity index (χ1v) is 4.49. The fourth-order valence-corrected chi connectivity index (χ4v) is 1.06. The number of aliphatic carboxylic acids is 1. The molecule has 0 aliphatic heterocycles. The van der Waals surface area contributed by atoms with Gasteiger partial charge < -0.3 is 5.11 Å². The molecule has 2 radical (unpaired) electrons. The third-order valence-electron chi connectivity index (χ3n) is 1.74. The second kappa shape index (κ2) is 11.4. The van der Waals surface area contributed by atoms with Gasteiger partial charge in [0.25, 0.3) is 0 Å². The van der Waals surface area contributed by atoms with Gasteiger partial charge in [-0.2, -0.15) is 0 Å². The van der Waals surface area contributed by atoms with Crippen LogP contribution in [0.5, 0.6) is 0 Å². The Balaban J connectivity index is 0. The monoisotopic (exact) mass is 368 g/mol. The molecule has 0 aliphatic carbocycles. The van der Waals surface area contributed by atoms with E-state index in [1.165, 1.54) is 25.7 Å². The van der Waals surface area contributed by atoms with Gasteiger partial charge in [0, 0.05) is 6.42 Å². The van der Waals surface area contributed by atoms with E-state index >= 15 is 0 Å². The molecule has 3 heteroatoms. The summed E-state index contributed by atoms with van der Waals surface area (Å²) in [6.07, 6.45) is 7.25. The van der Waals surface area contributed by atoms with Crippen LogP contribution in [0.25, 0.3) is 0 Å². The summed E-state index contributed by atoms with van der Waals surface area (Å²) in [5.41, 5.74) is 0. The van der Waals surface area contributed by atoms with Crippen LogP contribution in [0.3, 0.4) is 0 Å². The Hall–Kier alpha value is 0.392. The molecule has 0 bridgehead atoms. The van der Waals surface area contributed by atoms with Gasteiger partial charge in [-0.05, 0) is 6.42 Å². The van der Waals surface area contributed by atoms with Crippen molar-refractivity contribution in [3.8, 4) is 0 Å². The predicted octanol–water partition coefficient (Wildman–Crippen LogP) is 1.91. The minimum atomic E-state index is -0.666. The van der Waals surface area contributed by atoms with Crippen molar-refractivity contribution in [1.82, 2.24) is 0 Å². The Kier molecular flexibility index (Phi) is 14.1. The molecule has 0 unspecified atom stereocenters. The summed E-state index contributed by atoms with van der Waals surface area (Å²) in [5, 5.41) is 8.32. The molecule has 0 aliphatic rings. The fraction of sp³-hybridized carbons (Fsp3) is 0.889. The van der Waals surface area contributed by atoms with Crippen molar-refractivity contribution in [3.63, 3.8) is 0 Å². The fourth-order valence-electron chi connectivity index (χ4n) is 1.06. The van der Waals surface area contributed by atoms with Crippen molar-refractivity contribution in [2.45, 2.75) is 51.9 Å². The molecule has 0 heterocycles. The van der Waals surface area contributed by atoms with Crippen molar-refractivity contribution in [3.05, 3.63) is 0 Å². The molecule has 1 N–H and O–H groups in total. The van der Waals surface area contributed by atoms with Crippen molar-refractivity contribution in [1.29, 1.82) is 0 Å². The number of hydrogen-bond acceptors (Lipinski definition) is 1. The molecule has 0 aromatic carbocycles. The molecule has 0 aromatic heterocycles. The number of unbranched alkanes of at least 4 members (excludes halogenated alkanes) is 5. The van der Waals surface area contributed by atoms with E-state index < -0.39 is 5.97 Å². The molecule has 0 atom stereocenters. The first kappa shape index (κ1) is 14.9. The summed E-state index contributed by atoms with van der Waals surface area (Å²) < 4.78 is 0. The summed E-state index contributed by atoms with van der Waals surface area (Å²) in [7, 11) is 0. The zero-order valence-corrected chi connectivity index (χ0v) is 13.5. The number of carboxylic acid groups (broad SMARTS) is 1. The Labute approximate surface area is 94.9 Å². The Morgan fingerprint density at radius 3 is 2.08 bits per heavy atom. The molecule has 0 rings (SSSR count). The number of rotatable bonds is 7. The van der Waals surface area contributed by atoms with Crippen molar-refractivity contribution < 1.29 is 9.90 Å². The van der Waals surface area contributed by atoms with Crippen LogP contribution in [-0.2, 0) is 4.79 Å². The standard InChI is InChI=1S/C9H18O2.Pb.2H/c1-2-3-4-5-6-7-8-9(10)11;;;/h2-8H2,1H3,(H,10,11);;;. The van der Waals surface area contributed by atoms with E-state index in [0.717, 1.165) is 12.8 Å². The Bertz CT molecular complexity index is 105. The second-order valence-electron chi connectivity index (χ2n) is 2.91. The summed E-state index contributed by atoms with van der Waals surface area (Å²) in [6.45, 7) is 2.18. The molecule has 0 fully saturated rings. The molecular weight excluding hydrogens is 347 g/mol. The van der Waals surface area contributed by atoms with Crippen LogP contribution in [0.4, 0.5) is 0 Å². The molecule has 2 nitrogen and oxygen atoms in total. The molecule has 0 spiro atoms. The van der Waals surface area contributed by atoms with Crippen LogP contribution in [0.1, 0.15) is 51.9 Å². The van der Waals surface area contributed by atoms with E-state index in [0.29, 0.717) is 6.42 Å². The van der Waals surface area contributed by atoms with E-state index in [1.54, 1.807) is 0 Å². The molecule has 0 saturated carbocycles. The summed E-state index contributed by atoms with van der Waals surface area (Å²) in [5.74, 6) is -0.666. The maximum absolute atomic E-state index is 10.1. The van der Waals surface area contributed by atoms with Crippen LogP contribution in [0.2, 0.25) is 0 Å². The predicted molar refractivity (Wildman–Crippen MR) is 54.2 cm³/mol. The first-order valence-electron chi connectivity index (χ1n) is 4.49. The first-order chi connectivity index (χ1) is 5.27. The zero-order chi connectivity index (χ0) is 8.53. The van der Waals surface area contributed by atoms with Gasteiger partial charge in [-0.25, -0.2) is 0 Å². The van der Waals surface area contributed by atoms with Gasteiger partial charge >= 0.3 is 33.3 Å². The third-order valence-corrected chi connectivity index (χ3v) is 1.74. The summed E-state index contributed by atoms with van der Waals surface area (Å²) >= 11 is 0. The average molecular weight is 367 g/mol. The van der Waals surface area contributed by atoms with Gasteiger partial charge in [-0.1, -0.05) is 39.0 Å². The van der Waals surface area contributed by atoms with Crippen LogP contribution < -0.4 is 0 Å². The van der Waals surface area contributed by atoms with E-state index in [4.69, 9.17) is 5.11 Å². The van der Waals surface area contributed by atoms with Crippen molar-refractivity contribution in [2.24, 2.45) is 0 Å². The quantitative estimate of drug-likeness (QED) is 0.551. The molecule has 0 saturated heterocycles. The Morgan fingerprint density at radius 2 is 1.58 bits per heavy atom. The van der Waals surface area contributed by atoms with Gasteiger partial charge in [-0.15, -0.1) is 0 Å². The van der Waals surface area contributed by atoms with Gasteiger partial charge in [0.2, 0.25) is 0 Å². The van der Waals surface area contributed by atoms with E-state index in [1.807, 2.05) is 0 Å². The van der Waals surface area contributed by atoms with Crippen LogP contribution >= 0.6 is 0 Å². The molecule has 0 amide bonds. The number of carbonyl (C=O) groups is 1. The van der Waals surface area contributed by atoms with E-state index in [2.05, 4.69) is 6.92 Å². The summed E-state index contributed by atoms with van der Waals surface area (Å²) in [4.78, 5) is 10.1. The number of hydrogen-bond donors (Lipinski definition) is 1. The van der Waals surface area contributed by atoms with E-state index in [-0.39, 0.29) is 27.3 Å². The van der Waals surface area contributed by atoms with Gasteiger partial charge in [-0.3, -0.25) is 4.79 Å². The van der Waals surface area contributed by atoms with Gasteiger partial charge in [0.05, 0.1) is 0 Å². The van der Waals surface area contributed by atoms with E-state index in [9.17, 15) is 4.79 Å². The molecule has 12 heavy (non-hydrogen) atoms. The second-order valence-corrected chi connectivity index (χ2v) is 2.91. The SMILES string of the molecule is CCCCCCCCC(=O)O.[PbH2]. The zero-order valence-electron chi connectivity index (χ0n) is 8.01. The Morgan fingerprint density at radius 1 is 1.08 bits per heavy atom. The average Bonchev–Trinajstić information content (AvgIpc) is 1.96. The minimum absolute atomic E-state index is 0. The number of carboxylic acids is 1. The molecular formula is C9H20O2Pb. The van der Waals surface area contributed by atoms with Gasteiger partial charge in [0.1, 0.15) is 0 Å². The van der Waals surface area contributed by atoms with Crippen molar-refractivity contribution in [2.75, 3.05) is 0 Å². The summed E-state index contributed by atoms with van der Waals surface area (Å²) in [6, 6.07) is 0. The third kappa shape index (κ3) is 13.0. The molecule has 72 valence electrons. The topological polar surface area (TPSA) is 37.3 Å². The van der Waals surface area contributed by atoms with Crippen LogP contribution in [0, 0.1) is 0 Å². The maximum atomic E-state index is 10.1. The van der Waals surface area contributed by atoms with Gasteiger partial charge in [0.15, 0.2) is 0 Å². The van der Waals surface area contributed by atoms with Crippen LogP contribution in [-0.4, -0.2) is 38.4 Å². The van der Waals surface area contributed by atoms with Crippen molar-refractivity contribution >= 4 is 33.3 Å². The molecule has 0 aromatic rings.